The van der Waals surface area contributed by atoms with Crippen molar-refractivity contribution >= 4 is 49.6 Å². The van der Waals surface area contributed by atoms with Crippen LogP contribution in [-0.2, 0) is 6.54 Å². The van der Waals surface area contributed by atoms with Gasteiger partial charge in [0.2, 0.25) is 0 Å². The first-order valence-corrected chi connectivity index (χ1v) is 15.0. The second-order valence-electron chi connectivity index (χ2n) is 11.3. The third-order valence-corrected chi connectivity index (χ3v) is 8.62. The summed E-state index contributed by atoms with van der Waals surface area (Å²) in [7, 11) is 0. The fraction of sp³-hybridized carbons (Fsp3) is 0.0513. The molecule has 0 radical (unpaired) electrons. The lowest BCUT2D eigenvalue weighted by Crippen LogP contribution is -2.37. The molecule has 0 amide bonds. The molecule has 0 saturated heterocycles. The van der Waals surface area contributed by atoms with Crippen LogP contribution in [0.4, 0.5) is 0 Å². The minimum Gasteiger partial charge on any atom is -0.454 e. The summed E-state index contributed by atoms with van der Waals surface area (Å²) in [6.45, 7) is 0.655. The van der Waals surface area contributed by atoms with E-state index < -0.39 is 0 Å². The summed E-state index contributed by atoms with van der Waals surface area (Å²) in [6, 6.07) is 51.0. The highest BCUT2D eigenvalue weighted by Crippen LogP contribution is 2.40. The molecule has 5 heteroatoms. The minimum atomic E-state index is -0.145. The van der Waals surface area contributed by atoms with Gasteiger partial charge in [0.1, 0.15) is 17.6 Å². The number of hydrogen-bond acceptors (Lipinski definition) is 4. The molecule has 6 aromatic carbocycles. The number of benzene rings is 6. The van der Waals surface area contributed by atoms with Crippen molar-refractivity contribution in [3.05, 3.63) is 162 Å². The van der Waals surface area contributed by atoms with Crippen LogP contribution in [-0.4, -0.2) is 15.4 Å². The molecule has 210 valence electrons. The largest absolute Gasteiger partial charge is 0.454 e. The second-order valence-corrected chi connectivity index (χ2v) is 11.3. The van der Waals surface area contributed by atoms with Gasteiger partial charge < -0.3 is 8.98 Å². The summed E-state index contributed by atoms with van der Waals surface area (Å²) in [6.07, 6.45) is -0.145. The molecule has 44 heavy (non-hydrogen) atoms. The van der Waals surface area contributed by atoms with Crippen molar-refractivity contribution in [2.45, 2.75) is 12.7 Å². The van der Waals surface area contributed by atoms with E-state index in [2.05, 4.69) is 136 Å². The van der Waals surface area contributed by atoms with Gasteiger partial charge in [-0.25, -0.2) is 10.4 Å². The van der Waals surface area contributed by atoms with Crippen molar-refractivity contribution in [1.82, 2.24) is 15.0 Å². The Kier molecular flexibility index (Phi) is 5.64. The van der Waals surface area contributed by atoms with Crippen molar-refractivity contribution in [1.29, 1.82) is 0 Å². The van der Waals surface area contributed by atoms with Crippen molar-refractivity contribution < 1.29 is 4.42 Å². The number of hydrazine groups is 1. The first-order valence-electron chi connectivity index (χ1n) is 15.0. The maximum Gasteiger partial charge on any atom is 0.160 e. The number of hydrogen-bond donors (Lipinski definition) is 1. The van der Waals surface area contributed by atoms with Gasteiger partial charge in [0, 0.05) is 32.8 Å². The molecule has 0 bridgehead atoms. The number of aliphatic imine (C=N–C) groups is 1. The van der Waals surface area contributed by atoms with Crippen LogP contribution in [0, 0.1) is 0 Å². The van der Waals surface area contributed by atoms with E-state index in [1.807, 2.05) is 24.3 Å². The maximum atomic E-state index is 6.56. The maximum absolute atomic E-state index is 6.56. The van der Waals surface area contributed by atoms with E-state index >= 15 is 0 Å². The highest BCUT2D eigenvalue weighted by atomic mass is 16.3. The zero-order chi connectivity index (χ0) is 29.0. The first-order chi connectivity index (χ1) is 21.8. The van der Waals surface area contributed by atoms with Gasteiger partial charge in [-0.15, -0.1) is 0 Å². The summed E-state index contributed by atoms with van der Waals surface area (Å²) < 4.78 is 8.91. The van der Waals surface area contributed by atoms with Crippen molar-refractivity contribution in [3.63, 3.8) is 0 Å². The fourth-order valence-corrected chi connectivity index (χ4v) is 6.63. The van der Waals surface area contributed by atoms with Gasteiger partial charge in [-0.1, -0.05) is 115 Å². The smallest absolute Gasteiger partial charge is 0.160 e. The first kappa shape index (κ1) is 24.9. The van der Waals surface area contributed by atoms with Gasteiger partial charge >= 0.3 is 0 Å². The van der Waals surface area contributed by atoms with Crippen molar-refractivity contribution in [2.24, 2.45) is 4.99 Å². The predicted molar refractivity (Wildman–Crippen MR) is 179 cm³/mol. The average molecular weight is 569 g/mol. The summed E-state index contributed by atoms with van der Waals surface area (Å²) in [5.41, 5.74) is 12.2. The Bertz CT molecular complexity index is 2350. The summed E-state index contributed by atoms with van der Waals surface area (Å²) >= 11 is 0. The Morgan fingerprint density at radius 2 is 1.36 bits per heavy atom. The van der Waals surface area contributed by atoms with E-state index in [0.717, 1.165) is 55.6 Å². The minimum absolute atomic E-state index is 0.145. The number of para-hydroxylation sites is 2. The number of aromatic nitrogens is 1. The van der Waals surface area contributed by atoms with Crippen molar-refractivity contribution in [3.8, 4) is 5.69 Å². The van der Waals surface area contributed by atoms with Crippen LogP contribution in [0.1, 0.15) is 22.9 Å². The van der Waals surface area contributed by atoms with Crippen molar-refractivity contribution in [2.75, 3.05) is 0 Å². The van der Waals surface area contributed by atoms with Gasteiger partial charge in [-0.2, -0.15) is 0 Å². The normalized spacial score (nSPS) is 15.1. The molecular formula is C39H28N4O. The van der Waals surface area contributed by atoms with E-state index in [9.17, 15) is 0 Å². The molecule has 0 spiro atoms. The molecule has 0 fully saturated rings. The quantitative estimate of drug-likeness (QED) is 0.225. The number of furan rings is 1. The molecule has 1 aliphatic heterocycles. The van der Waals surface area contributed by atoms with Gasteiger partial charge in [0.25, 0.3) is 0 Å². The highest BCUT2D eigenvalue weighted by Gasteiger charge is 2.27. The SMILES string of the molecule is c1ccc(C2=NC(c3ccccc3)NN2Cc2cccc(-n3c4ccccc4c4ccc5c6ccccc6oc5c43)c2)cc1. The molecule has 8 aromatic rings. The van der Waals surface area contributed by atoms with Gasteiger partial charge in [-0.3, -0.25) is 5.01 Å². The summed E-state index contributed by atoms with van der Waals surface area (Å²) in [4.78, 5) is 5.13. The molecular weight excluding hydrogens is 540 g/mol. The van der Waals surface area contributed by atoms with Crippen LogP contribution in [0.3, 0.4) is 0 Å². The second kappa shape index (κ2) is 9.97. The van der Waals surface area contributed by atoms with Gasteiger partial charge in [-0.05, 0) is 41.5 Å². The van der Waals surface area contributed by atoms with E-state index in [4.69, 9.17) is 9.41 Å². The number of nitrogens with zero attached hydrogens (tertiary/aromatic N) is 3. The Balaban J connectivity index is 1.17. The molecule has 1 unspecified atom stereocenters. The number of rotatable bonds is 5. The van der Waals surface area contributed by atoms with E-state index in [0.29, 0.717) is 6.54 Å². The summed E-state index contributed by atoms with van der Waals surface area (Å²) in [5.74, 6) is 0.936. The van der Waals surface area contributed by atoms with E-state index in [1.54, 1.807) is 0 Å². The predicted octanol–water partition coefficient (Wildman–Crippen LogP) is 9.15. The zero-order valence-corrected chi connectivity index (χ0v) is 23.9. The molecule has 3 heterocycles. The van der Waals surface area contributed by atoms with Gasteiger partial charge in [0.05, 0.1) is 17.6 Å². The van der Waals surface area contributed by atoms with Crippen LogP contribution in [0.2, 0.25) is 0 Å². The van der Waals surface area contributed by atoms with E-state index in [-0.39, 0.29) is 6.17 Å². The molecule has 9 rings (SSSR count). The molecule has 0 aliphatic carbocycles. The molecule has 1 N–H and O–H groups in total. The van der Waals surface area contributed by atoms with Crippen LogP contribution in [0.25, 0.3) is 49.4 Å². The molecule has 0 saturated carbocycles. The Morgan fingerprint density at radius 1 is 0.636 bits per heavy atom. The molecule has 1 atom stereocenters. The monoisotopic (exact) mass is 568 g/mol. The lowest BCUT2D eigenvalue weighted by Gasteiger charge is -2.22. The Hall–Kier alpha value is -5.65. The summed E-state index contributed by atoms with van der Waals surface area (Å²) in [5, 5.41) is 6.83. The number of fused-ring (bicyclic) bond motifs is 7. The lowest BCUT2D eigenvalue weighted by atomic mass is 10.1. The van der Waals surface area contributed by atoms with Crippen LogP contribution < -0.4 is 5.43 Å². The fourth-order valence-electron chi connectivity index (χ4n) is 6.63. The average Bonchev–Trinajstić information content (AvgIpc) is 3.78. The third kappa shape index (κ3) is 3.94. The van der Waals surface area contributed by atoms with E-state index in [1.165, 1.54) is 16.3 Å². The van der Waals surface area contributed by atoms with Crippen LogP contribution >= 0.6 is 0 Å². The Labute approximate surface area is 254 Å². The van der Waals surface area contributed by atoms with Crippen LogP contribution in [0.5, 0.6) is 0 Å². The van der Waals surface area contributed by atoms with Gasteiger partial charge in [0.15, 0.2) is 5.58 Å². The highest BCUT2D eigenvalue weighted by molar-refractivity contribution is 6.21. The molecule has 1 aliphatic rings. The lowest BCUT2D eigenvalue weighted by molar-refractivity contribution is 0.293. The third-order valence-electron chi connectivity index (χ3n) is 8.62. The molecule has 5 nitrogen and oxygen atoms in total. The number of amidine groups is 1. The van der Waals surface area contributed by atoms with Crippen LogP contribution in [0.15, 0.2) is 155 Å². The number of nitrogens with one attached hydrogen (secondary N) is 1. The topological polar surface area (TPSA) is 45.7 Å². The zero-order valence-electron chi connectivity index (χ0n) is 23.9. The standard InChI is InChI=1S/C39H28N4O/c1-3-13-27(14-4-1)38-40-39(28-15-5-2-6-16-28)42(41-38)25-26-12-11-17-29(24-26)43-34-20-9-7-18-30(34)32-22-23-33-31-19-8-10-21-35(31)44-37(33)36(32)43/h1-24,38,41H,25H2. The Morgan fingerprint density at radius 3 is 2.23 bits per heavy atom. The molecule has 2 aromatic heterocycles.